The number of ether oxygens (including phenoxy) is 1. The summed E-state index contributed by atoms with van der Waals surface area (Å²) in [5.74, 6) is 0.808. The number of aromatic amines is 1. The molecule has 3 rings (SSSR count). The van der Waals surface area contributed by atoms with E-state index < -0.39 is 0 Å². The molecule has 8 nitrogen and oxygen atoms in total. The van der Waals surface area contributed by atoms with Gasteiger partial charge in [0, 0.05) is 5.02 Å². The van der Waals surface area contributed by atoms with Crippen molar-refractivity contribution in [3.05, 3.63) is 59.1 Å². The molecule has 10 heteroatoms. The number of nitrogens with zero attached hydrogens (tertiary/aromatic N) is 3. The first kappa shape index (κ1) is 19.7. The number of hydrogen-bond donors (Lipinski definition) is 3. The lowest BCUT2D eigenvalue weighted by molar-refractivity contribution is -0.113. The molecule has 0 spiro atoms. The molecule has 3 N–H and O–H groups in total. The zero-order chi connectivity index (χ0) is 19.8. The number of hydrazone groups is 1. The number of carbonyl (C=O) groups is 1. The molecule has 0 bridgehead atoms. The monoisotopic (exact) mass is 416 g/mol. The largest absolute Gasteiger partial charge is 0.495 e. The molecule has 144 valence electrons. The molecule has 0 aliphatic heterocycles. The molecule has 0 saturated heterocycles. The molecule has 0 saturated carbocycles. The Hall–Kier alpha value is -3.04. The molecule has 1 aromatic heterocycles. The second kappa shape index (κ2) is 9.77. The Bertz CT molecular complexity index is 964. The van der Waals surface area contributed by atoms with E-state index in [1.807, 2.05) is 30.3 Å². The van der Waals surface area contributed by atoms with Crippen LogP contribution in [0.4, 0.5) is 11.6 Å². The average Bonchev–Trinajstić information content (AvgIpc) is 3.15. The first-order valence-corrected chi connectivity index (χ1v) is 9.53. The third kappa shape index (κ3) is 5.73. The highest BCUT2D eigenvalue weighted by molar-refractivity contribution is 7.99. The van der Waals surface area contributed by atoms with Gasteiger partial charge in [-0.15, -0.1) is 5.10 Å². The Morgan fingerprint density at radius 1 is 1.32 bits per heavy atom. The summed E-state index contributed by atoms with van der Waals surface area (Å²) in [6.45, 7) is 0. The zero-order valence-electron chi connectivity index (χ0n) is 14.8. The molecule has 1 amide bonds. The van der Waals surface area contributed by atoms with E-state index in [2.05, 4.69) is 31.0 Å². The van der Waals surface area contributed by atoms with Crippen LogP contribution >= 0.6 is 23.4 Å². The van der Waals surface area contributed by atoms with Crippen LogP contribution in [0.5, 0.6) is 5.75 Å². The van der Waals surface area contributed by atoms with Gasteiger partial charge in [-0.25, -0.2) is 10.5 Å². The third-order valence-electron chi connectivity index (χ3n) is 3.42. The molecule has 0 radical (unpaired) electrons. The van der Waals surface area contributed by atoms with Gasteiger partial charge < -0.3 is 10.1 Å². The molecule has 3 aromatic rings. The van der Waals surface area contributed by atoms with E-state index in [0.717, 1.165) is 5.56 Å². The van der Waals surface area contributed by atoms with Crippen molar-refractivity contribution in [2.75, 3.05) is 23.6 Å². The van der Waals surface area contributed by atoms with Crippen LogP contribution in [0.25, 0.3) is 0 Å². The second-order valence-corrected chi connectivity index (χ2v) is 6.81. The van der Waals surface area contributed by atoms with Gasteiger partial charge in [-0.3, -0.25) is 4.79 Å². The van der Waals surface area contributed by atoms with Gasteiger partial charge in [0.05, 0.1) is 24.8 Å². The Balaban J connectivity index is 1.49. The van der Waals surface area contributed by atoms with Crippen molar-refractivity contribution in [2.24, 2.45) is 5.10 Å². The fourth-order valence-electron chi connectivity index (χ4n) is 2.16. The smallest absolute Gasteiger partial charge is 0.240 e. The van der Waals surface area contributed by atoms with Gasteiger partial charge in [-0.2, -0.15) is 10.1 Å². The second-order valence-electron chi connectivity index (χ2n) is 5.43. The summed E-state index contributed by atoms with van der Waals surface area (Å²) in [7, 11) is 1.52. The van der Waals surface area contributed by atoms with Crippen LogP contribution in [0.3, 0.4) is 0 Å². The molecular weight excluding hydrogens is 400 g/mol. The Morgan fingerprint density at radius 3 is 2.93 bits per heavy atom. The zero-order valence-corrected chi connectivity index (χ0v) is 16.4. The predicted octanol–water partition coefficient (Wildman–Crippen LogP) is 3.64. The fraction of sp³-hybridized carbons (Fsp3) is 0.111. The van der Waals surface area contributed by atoms with Crippen LogP contribution in [-0.4, -0.2) is 40.2 Å². The van der Waals surface area contributed by atoms with Crippen LogP contribution in [0.15, 0.2) is 58.8 Å². The van der Waals surface area contributed by atoms with Crippen LogP contribution in [-0.2, 0) is 4.79 Å². The third-order valence-corrected chi connectivity index (χ3v) is 4.50. The molecule has 0 fully saturated rings. The standard InChI is InChI=1S/C18H17ClN6O2S/c1-27-15-8-7-13(19)9-14(15)21-16(26)11-28-18-22-17(24-25-18)23-20-10-12-5-3-2-4-6-12/h2-10H,11H2,1H3,(H,21,26)(H2,22,23,24,25)/b20-10-. The van der Waals surface area contributed by atoms with E-state index in [9.17, 15) is 4.79 Å². The summed E-state index contributed by atoms with van der Waals surface area (Å²) >= 11 is 7.14. The number of halogens is 1. The number of methoxy groups -OCH3 is 1. The number of rotatable bonds is 8. The fourth-order valence-corrected chi connectivity index (χ4v) is 2.93. The Kier molecular flexibility index (Phi) is 6.88. The number of aromatic nitrogens is 3. The molecule has 0 aliphatic rings. The van der Waals surface area contributed by atoms with Crippen molar-refractivity contribution in [3.8, 4) is 5.75 Å². The molecule has 2 aromatic carbocycles. The van der Waals surface area contributed by atoms with Gasteiger partial charge in [-0.05, 0) is 23.8 Å². The first-order chi connectivity index (χ1) is 13.6. The van der Waals surface area contributed by atoms with Crippen molar-refractivity contribution in [1.82, 2.24) is 15.2 Å². The maximum absolute atomic E-state index is 12.2. The minimum absolute atomic E-state index is 0.125. The van der Waals surface area contributed by atoms with Crippen molar-refractivity contribution >= 4 is 47.1 Å². The van der Waals surface area contributed by atoms with Gasteiger partial charge in [0.2, 0.25) is 17.0 Å². The van der Waals surface area contributed by atoms with Crippen LogP contribution < -0.4 is 15.5 Å². The summed E-state index contributed by atoms with van der Waals surface area (Å²) in [5, 5.41) is 14.5. The summed E-state index contributed by atoms with van der Waals surface area (Å²) in [6, 6.07) is 14.7. The minimum Gasteiger partial charge on any atom is -0.495 e. The van der Waals surface area contributed by atoms with Crippen LogP contribution in [0.2, 0.25) is 5.02 Å². The summed E-state index contributed by atoms with van der Waals surface area (Å²) in [6.07, 6.45) is 1.67. The van der Waals surface area contributed by atoms with Gasteiger partial charge in [0.1, 0.15) is 5.75 Å². The van der Waals surface area contributed by atoms with Crippen molar-refractivity contribution in [1.29, 1.82) is 0 Å². The SMILES string of the molecule is COc1ccc(Cl)cc1NC(=O)CSc1n[nH]c(N/N=C\c2ccccc2)n1. The first-order valence-electron chi connectivity index (χ1n) is 8.17. The number of thioether (sulfide) groups is 1. The quantitative estimate of drug-likeness (QED) is 0.294. The predicted molar refractivity (Wildman–Crippen MR) is 111 cm³/mol. The van der Waals surface area contributed by atoms with E-state index >= 15 is 0 Å². The average molecular weight is 417 g/mol. The molecular formula is C18H17ClN6O2S. The molecule has 0 aliphatic carbocycles. The van der Waals surface area contributed by atoms with Crippen LogP contribution in [0.1, 0.15) is 5.56 Å². The number of H-pyrrole nitrogens is 1. The highest BCUT2D eigenvalue weighted by Crippen LogP contribution is 2.28. The number of benzene rings is 2. The summed E-state index contributed by atoms with van der Waals surface area (Å²) < 4.78 is 5.21. The minimum atomic E-state index is -0.230. The van der Waals surface area contributed by atoms with E-state index in [0.29, 0.717) is 27.6 Å². The number of amides is 1. The molecule has 0 unspecified atom stereocenters. The lowest BCUT2D eigenvalue weighted by atomic mass is 10.2. The lowest BCUT2D eigenvalue weighted by Gasteiger charge is -2.09. The highest BCUT2D eigenvalue weighted by atomic mass is 35.5. The number of anilines is 2. The molecule has 0 atom stereocenters. The lowest BCUT2D eigenvalue weighted by Crippen LogP contribution is -2.14. The van der Waals surface area contributed by atoms with Crippen molar-refractivity contribution in [2.45, 2.75) is 5.16 Å². The van der Waals surface area contributed by atoms with E-state index in [1.54, 1.807) is 24.4 Å². The van der Waals surface area contributed by atoms with E-state index in [4.69, 9.17) is 16.3 Å². The molecule has 1 heterocycles. The number of carbonyl (C=O) groups excluding carboxylic acids is 1. The van der Waals surface area contributed by atoms with Crippen LogP contribution in [0, 0.1) is 0 Å². The van der Waals surface area contributed by atoms with Crippen molar-refractivity contribution < 1.29 is 9.53 Å². The number of hydrogen-bond acceptors (Lipinski definition) is 7. The summed E-state index contributed by atoms with van der Waals surface area (Å²) in [4.78, 5) is 16.4. The topological polar surface area (TPSA) is 104 Å². The number of nitrogens with one attached hydrogen (secondary N) is 3. The Labute approximate surface area is 170 Å². The Morgan fingerprint density at radius 2 is 2.14 bits per heavy atom. The van der Waals surface area contributed by atoms with Gasteiger partial charge in [0.15, 0.2) is 0 Å². The van der Waals surface area contributed by atoms with E-state index in [1.165, 1.54) is 18.9 Å². The summed E-state index contributed by atoms with van der Waals surface area (Å²) in [5.41, 5.74) is 4.22. The van der Waals surface area contributed by atoms with Gasteiger partial charge in [0.25, 0.3) is 0 Å². The highest BCUT2D eigenvalue weighted by Gasteiger charge is 2.11. The maximum atomic E-state index is 12.2. The van der Waals surface area contributed by atoms with Gasteiger partial charge >= 0.3 is 0 Å². The normalized spacial score (nSPS) is 10.8. The maximum Gasteiger partial charge on any atom is 0.240 e. The van der Waals surface area contributed by atoms with Crippen molar-refractivity contribution in [3.63, 3.8) is 0 Å². The molecule has 28 heavy (non-hydrogen) atoms. The van der Waals surface area contributed by atoms with E-state index in [-0.39, 0.29) is 11.7 Å². The van der Waals surface area contributed by atoms with Gasteiger partial charge in [-0.1, -0.05) is 53.7 Å².